The molecule has 1 fully saturated rings. The van der Waals surface area contributed by atoms with Gasteiger partial charge in [0.1, 0.15) is 11.2 Å². The maximum absolute atomic E-state index is 12.2. The van der Waals surface area contributed by atoms with Crippen LogP contribution < -0.4 is 0 Å². The SMILES string of the molecule is COC(=O)C1CCC(CCCC(C)(CCCC(C)(C)OC(C)=O)OC(C)=O)CC1C(=O)OC. The van der Waals surface area contributed by atoms with E-state index in [-0.39, 0.29) is 23.9 Å². The van der Waals surface area contributed by atoms with Crippen molar-refractivity contribution in [3.8, 4) is 0 Å². The maximum atomic E-state index is 12.2. The van der Waals surface area contributed by atoms with E-state index < -0.39 is 23.0 Å². The summed E-state index contributed by atoms with van der Waals surface area (Å²) in [5, 5.41) is 0. The van der Waals surface area contributed by atoms with Crippen molar-refractivity contribution in [2.75, 3.05) is 14.2 Å². The third-order valence-corrected chi connectivity index (χ3v) is 6.58. The molecule has 0 aromatic rings. The topological polar surface area (TPSA) is 105 Å². The molecular formula is C25H42O8. The minimum atomic E-state index is -0.608. The Morgan fingerprint density at radius 3 is 1.85 bits per heavy atom. The van der Waals surface area contributed by atoms with Gasteiger partial charge in [-0.1, -0.05) is 6.42 Å². The van der Waals surface area contributed by atoms with Gasteiger partial charge in [-0.05, 0) is 78.1 Å². The van der Waals surface area contributed by atoms with Gasteiger partial charge in [0.15, 0.2) is 0 Å². The molecule has 0 aromatic carbocycles. The van der Waals surface area contributed by atoms with Crippen molar-refractivity contribution >= 4 is 23.9 Å². The van der Waals surface area contributed by atoms with Crippen LogP contribution >= 0.6 is 0 Å². The summed E-state index contributed by atoms with van der Waals surface area (Å²) in [6, 6.07) is 0. The van der Waals surface area contributed by atoms with Crippen LogP contribution in [0.15, 0.2) is 0 Å². The maximum Gasteiger partial charge on any atom is 0.309 e. The Morgan fingerprint density at radius 1 is 0.758 bits per heavy atom. The lowest BCUT2D eigenvalue weighted by Crippen LogP contribution is -2.37. The Kier molecular flexibility index (Phi) is 11.3. The van der Waals surface area contributed by atoms with Crippen molar-refractivity contribution in [1.29, 1.82) is 0 Å². The second-order valence-corrected chi connectivity index (χ2v) is 10.1. The number of ether oxygens (including phenoxy) is 4. The minimum Gasteiger partial charge on any atom is -0.469 e. The molecule has 0 radical (unpaired) electrons. The predicted molar refractivity (Wildman–Crippen MR) is 122 cm³/mol. The van der Waals surface area contributed by atoms with Crippen LogP contribution in [0.25, 0.3) is 0 Å². The number of methoxy groups -OCH3 is 2. The fraction of sp³-hybridized carbons (Fsp3) is 0.840. The van der Waals surface area contributed by atoms with E-state index in [2.05, 4.69) is 0 Å². The average Bonchev–Trinajstić information content (AvgIpc) is 2.70. The Morgan fingerprint density at radius 2 is 1.30 bits per heavy atom. The average molecular weight is 471 g/mol. The summed E-state index contributed by atoms with van der Waals surface area (Å²) in [6.07, 6.45) is 6.51. The number of hydrogen-bond donors (Lipinski definition) is 0. The smallest absolute Gasteiger partial charge is 0.309 e. The van der Waals surface area contributed by atoms with E-state index in [0.717, 1.165) is 25.7 Å². The molecule has 0 N–H and O–H groups in total. The van der Waals surface area contributed by atoms with Gasteiger partial charge in [0.25, 0.3) is 0 Å². The molecule has 190 valence electrons. The third kappa shape index (κ3) is 10.1. The summed E-state index contributed by atoms with van der Waals surface area (Å²) in [5.41, 5.74) is -1.17. The molecule has 0 heterocycles. The fourth-order valence-electron chi connectivity index (χ4n) is 5.03. The van der Waals surface area contributed by atoms with Gasteiger partial charge in [0.2, 0.25) is 0 Å². The monoisotopic (exact) mass is 470 g/mol. The summed E-state index contributed by atoms with van der Waals surface area (Å²) >= 11 is 0. The highest BCUT2D eigenvalue weighted by atomic mass is 16.6. The molecule has 0 spiro atoms. The molecule has 1 aliphatic rings. The van der Waals surface area contributed by atoms with Crippen molar-refractivity contribution < 1.29 is 38.1 Å². The summed E-state index contributed by atoms with van der Waals surface area (Å²) in [6.45, 7) is 8.50. The van der Waals surface area contributed by atoms with Crippen molar-refractivity contribution in [1.82, 2.24) is 0 Å². The van der Waals surface area contributed by atoms with Crippen LogP contribution in [0.2, 0.25) is 0 Å². The van der Waals surface area contributed by atoms with Crippen LogP contribution in [0, 0.1) is 17.8 Å². The molecule has 0 aromatic heterocycles. The summed E-state index contributed by atoms with van der Waals surface area (Å²) in [4.78, 5) is 47.3. The van der Waals surface area contributed by atoms with Crippen molar-refractivity contribution in [3.63, 3.8) is 0 Å². The van der Waals surface area contributed by atoms with Gasteiger partial charge in [0, 0.05) is 13.8 Å². The number of carbonyl (C=O) groups is 4. The Balaban J connectivity index is 2.66. The zero-order chi connectivity index (χ0) is 25.2. The highest BCUT2D eigenvalue weighted by Crippen LogP contribution is 2.39. The van der Waals surface area contributed by atoms with Crippen LogP contribution in [0.5, 0.6) is 0 Å². The van der Waals surface area contributed by atoms with Crippen molar-refractivity contribution in [2.24, 2.45) is 17.8 Å². The first-order valence-corrected chi connectivity index (χ1v) is 11.9. The van der Waals surface area contributed by atoms with Crippen LogP contribution in [0.1, 0.15) is 92.4 Å². The molecule has 0 aliphatic heterocycles. The van der Waals surface area contributed by atoms with E-state index in [1.165, 1.54) is 28.1 Å². The van der Waals surface area contributed by atoms with Gasteiger partial charge in [-0.3, -0.25) is 19.2 Å². The molecule has 0 saturated heterocycles. The third-order valence-electron chi connectivity index (χ3n) is 6.58. The number of carbonyl (C=O) groups excluding carboxylic acids is 4. The molecule has 1 rings (SSSR count). The second kappa shape index (κ2) is 12.9. The zero-order valence-corrected chi connectivity index (χ0v) is 21.4. The molecule has 0 amide bonds. The summed E-state index contributed by atoms with van der Waals surface area (Å²) < 4.78 is 20.8. The van der Waals surface area contributed by atoms with Gasteiger partial charge in [0.05, 0.1) is 26.1 Å². The lowest BCUT2D eigenvalue weighted by Gasteiger charge is -2.34. The van der Waals surface area contributed by atoms with Crippen LogP contribution in [0.4, 0.5) is 0 Å². The molecule has 8 heteroatoms. The van der Waals surface area contributed by atoms with Gasteiger partial charge in [-0.15, -0.1) is 0 Å². The molecule has 1 aliphatic carbocycles. The first-order chi connectivity index (χ1) is 15.3. The molecule has 8 nitrogen and oxygen atoms in total. The lowest BCUT2D eigenvalue weighted by atomic mass is 9.72. The van der Waals surface area contributed by atoms with Crippen LogP contribution in [0.3, 0.4) is 0 Å². The molecule has 33 heavy (non-hydrogen) atoms. The Labute approximate surface area is 198 Å². The number of esters is 4. The first-order valence-electron chi connectivity index (χ1n) is 11.9. The summed E-state index contributed by atoms with van der Waals surface area (Å²) in [7, 11) is 2.68. The normalized spacial score (nSPS) is 22.6. The zero-order valence-electron chi connectivity index (χ0n) is 21.4. The largest absolute Gasteiger partial charge is 0.469 e. The van der Waals surface area contributed by atoms with Gasteiger partial charge < -0.3 is 18.9 Å². The Hall–Kier alpha value is -2.12. The first kappa shape index (κ1) is 28.9. The van der Waals surface area contributed by atoms with Gasteiger partial charge in [-0.2, -0.15) is 0 Å². The van der Waals surface area contributed by atoms with Crippen molar-refractivity contribution in [2.45, 2.75) is 104 Å². The van der Waals surface area contributed by atoms with Crippen LogP contribution in [-0.4, -0.2) is 49.3 Å². The highest BCUT2D eigenvalue weighted by molar-refractivity contribution is 5.82. The summed E-state index contributed by atoms with van der Waals surface area (Å²) in [5.74, 6) is -2.00. The van der Waals surface area contributed by atoms with E-state index in [0.29, 0.717) is 38.0 Å². The van der Waals surface area contributed by atoms with Crippen LogP contribution in [-0.2, 0) is 38.1 Å². The Bertz CT molecular complexity index is 686. The molecule has 0 bridgehead atoms. The number of rotatable bonds is 12. The molecule has 4 unspecified atom stereocenters. The second-order valence-electron chi connectivity index (χ2n) is 10.1. The molecule has 4 atom stereocenters. The van der Waals surface area contributed by atoms with E-state index in [1.54, 1.807) is 0 Å². The molecular weight excluding hydrogens is 428 g/mol. The van der Waals surface area contributed by atoms with Gasteiger partial charge in [-0.25, -0.2) is 0 Å². The molecule has 1 saturated carbocycles. The lowest BCUT2D eigenvalue weighted by molar-refractivity contribution is -0.160. The minimum absolute atomic E-state index is 0.291. The number of hydrogen-bond acceptors (Lipinski definition) is 8. The highest BCUT2D eigenvalue weighted by Gasteiger charge is 2.40. The standard InChI is InChI=1S/C25H42O8/c1-17(26)32-24(3,4)13-9-15-25(5,33-18(2)27)14-8-10-19-11-12-20(22(28)30-6)21(16-19)23(29)31-7/h19-21H,8-16H2,1-7H3. The fourth-order valence-corrected chi connectivity index (χ4v) is 5.03. The van der Waals surface area contributed by atoms with E-state index in [1.807, 2.05) is 20.8 Å². The van der Waals surface area contributed by atoms with Gasteiger partial charge >= 0.3 is 23.9 Å². The van der Waals surface area contributed by atoms with E-state index in [4.69, 9.17) is 18.9 Å². The predicted octanol–water partition coefficient (Wildman–Crippen LogP) is 4.37. The van der Waals surface area contributed by atoms with E-state index >= 15 is 0 Å². The van der Waals surface area contributed by atoms with E-state index in [9.17, 15) is 19.2 Å². The quantitative estimate of drug-likeness (QED) is 0.306. The van der Waals surface area contributed by atoms with Crippen molar-refractivity contribution in [3.05, 3.63) is 0 Å².